The minimum atomic E-state index is -0.285. The zero-order valence-corrected chi connectivity index (χ0v) is 16.7. The summed E-state index contributed by atoms with van der Waals surface area (Å²) in [5.41, 5.74) is 3.50. The number of halogens is 1. The SMILES string of the molecule is Cc1[nH]nc(NC(=O)/C=C/c2ccc(OCC#N)cc2)c1-c1cccc(Br)c1. The molecule has 6 nitrogen and oxygen atoms in total. The Bertz CT molecular complexity index is 1050. The van der Waals surface area contributed by atoms with Crippen molar-refractivity contribution in [1.82, 2.24) is 10.2 Å². The number of nitrogens with zero attached hydrogens (tertiary/aromatic N) is 2. The molecule has 7 heteroatoms. The molecule has 1 amide bonds. The quantitative estimate of drug-likeness (QED) is 0.547. The van der Waals surface area contributed by atoms with Gasteiger partial charge in [-0.2, -0.15) is 10.4 Å². The lowest BCUT2D eigenvalue weighted by atomic mass is 10.1. The predicted molar refractivity (Wildman–Crippen MR) is 112 cm³/mol. The largest absolute Gasteiger partial charge is 0.479 e. The minimum absolute atomic E-state index is 0.000985. The van der Waals surface area contributed by atoms with Gasteiger partial charge in [0.15, 0.2) is 12.4 Å². The van der Waals surface area contributed by atoms with Gasteiger partial charge < -0.3 is 10.1 Å². The average Bonchev–Trinajstić information content (AvgIpc) is 3.05. The van der Waals surface area contributed by atoms with Crippen LogP contribution in [0.4, 0.5) is 5.82 Å². The van der Waals surface area contributed by atoms with Crippen LogP contribution in [0.25, 0.3) is 17.2 Å². The summed E-state index contributed by atoms with van der Waals surface area (Å²) < 4.78 is 6.15. The van der Waals surface area contributed by atoms with Gasteiger partial charge in [0.25, 0.3) is 0 Å². The summed E-state index contributed by atoms with van der Waals surface area (Å²) in [7, 11) is 0. The highest BCUT2D eigenvalue weighted by Gasteiger charge is 2.14. The van der Waals surface area contributed by atoms with Crippen LogP contribution in [0.15, 0.2) is 59.1 Å². The zero-order valence-electron chi connectivity index (χ0n) is 15.1. The second-order valence-corrected chi connectivity index (χ2v) is 6.84. The number of aromatic nitrogens is 2. The summed E-state index contributed by atoms with van der Waals surface area (Å²) in [4.78, 5) is 12.3. The average molecular weight is 437 g/mol. The Morgan fingerprint density at radius 2 is 2.11 bits per heavy atom. The van der Waals surface area contributed by atoms with Crippen molar-refractivity contribution in [3.05, 3.63) is 70.3 Å². The topological polar surface area (TPSA) is 90.8 Å². The van der Waals surface area contributed by atoms with Crippen molar-refractivity contribution >= 4 is 33.7 Å². The molecular formula is C21H17BrN4O2. The number of nitriles is 1. The number of carbonyl (C=O) groups is 1. The molecule has 0 saturated carbocycles. The first-order chi connectivity index (χ1) is 13.6. The Morgan fingerprint density at radius 3 is 2.82 bits per heavy atom. The number of H-pyrrole nitrogens is 1. The van der Waals surface area contributed by atoms with Crippen LogP contribution in [0.5, 0.6) is 5.75 Å². The molecule has 0 bridgehead atoms. The number of hydrogen-bond donors (Lipinski definition) is 2. The van der Waals surface area contributed by atoms with Crippen LogP contribution in [-0.4, -0.2) is 22.7 Å². The van der Waals surface area contributed by atoms with E-state index in [4.69, 9.17) is 10.00 Å². The van der Waals surface area contributed by atoms with Crippen molar-refractivity contribution in [3.8, 4) is 22.9 Å². The van der Waals surface area contributed by atoms with Crippen LogP contribution in [0.3, 0.4) is 0 Å². The van der Waals surface area contributed by atoms with E-state index in [-0.39, 0.29) is 12.5 Å². The fraction of sp³-hybridized carbons (Fsp3) is 0.0952. The van der Waals surface area contributed by atoms with Gasteiger partial charge in [0.1, 0.15) is 11.8 Å². The van der Waals surface area contributed by atoms with Crippen LogP contribution in [-0.2, 0) is 4.79 Å². The molecule has 0 unspecified atom stereocenters. The van der Waals surface area contributed by atoms with E-state index in [1.165, 1.54) is 6.08 Å². The first kappa shape index (κ1) is 19.4. The Balaban J connectivity index is 1.70. The molecule has 0 spiro atoms. The summed E-state index contributed by atoms with van der Waals surface area (Å²) >= 11 is 3.46. The summed E-state index contributed by atoms with van der Waals surface area (Å²) in [6, 6.07) is 16.8. The molecule has 2 aromatic carbocycles. The van der Waals surface area contributed by atoms with E-state index < -0.39 is 0 Å². The number of benzene rings is 2. The van der Waals surface area contributed by atoms with Crippen LogP contribution in [0.2, 0.25) is 0 Å². The lowest BCUT2D eigenvalue weighted by Crippen LogP contribution is -2.09. The van der Waals surface area contributed by atoms with Gasteiger partial charge in [-0.3, -0.25) is 9.89 Å². The Hall–Kier alpha value is -3.37. The number of rotatable bonds is 6. The first-order valence-electron chi connectivity index (χ1n) is 8.46. The van der Waals surface area contributed by atoms with E-state index in [1.807, 2.05) is 49.4 Å². The molecule has 2 N–H and O–H groups in total. The molecule has 3 aromatic rings. The second-order valence-electron chi connectivity index (χ2n) is 5.92. The van der Waals surface area contributed by atoms with Gasteiger partial charge in [-0.05, 0) is 48.4 Å². The maximum atomic E-state index is 12.3. The summed E-state index contributed by atoms with van der Waals surface area (Å²) in [5.74, 6) is 0.798. The number of nitrogens with one attached hydrogen (secondary N) is 2. The standard InChI is InChI=1S/C21H17BrN4O2/c1-14-20(16-3-2-4-17(22)13-16)21(26-25-14)24-19(27)10-7-15-5-8-18(9-6-15)28-12-11-23/h2-10,13H,12H2,1H3,(H2,24,25,26,27)/b10-7+. The molecule has 1 aromatic heterocycles. The summed E-state index contributed by atoms with van der Waals surface area (Å²) in [6.45, 7) is 1.91. The molecule has 0 radical (unpaired) electrons. The molecule has 0 aliphatic heterocycles. The van der Waals surface area contributed by atoms with E-state index in [9.17, 15) is 4.79 Å². The number of anilines is 1. The van der Waals surface area contributed by atoms with Crippen LogP contribution < -0.4 is 10.1 Å². The monoisotopic (exact) mass is 436 g/mol. The second kappa shape index (κ2) is 9.02. The lowest BCUT2D eigenvalue weighted by Gasteiger charge is -2.05. The normalized spacial score (nSPS) is 10.6. The van der Waals surface area contributed by atoms with Crippen molar-refractivity contribution in [2.24, 2.45) is 0 Å². The molecule has 0 saturated heterocycles. The third-order valence-corrected chi connectivity index (χ3v) is 4.41. The van der Waals surface area contributed by atoms with Crippen molar-refractivity contribution in [2.75, 3.05) is 11.9 Å². The number of ether oxygens (including phenoxy) is 1. The van der Waals surface area contributed by atoms with Gasteiger partial charge in [-0.1, -0.05) is 40.2 Å². The van der Waals surface area contributed by atoms with Crippen LogP contribution >= 0.6 is 15.9 Å². The number of amides is 1. The molecule has 3 rings (SSSR count). The first-order valence-corrected chi connectivity index (χ1v) is 9.26. The number of hydrogen-bond acceptors (Lipinski definition) is 4. The highest BCUT2D eigenvalue weighted by atomic mass is 79.9. The number of carbonyl (C=O) groups excluding carboxylic acids is 1. The lowest BCUT2D eigenvalue weighted by molar-refractivity contribution is -0.111. The van der Waals surface area contributed by atoms with Gasteiger partial charge in [0.2, 0.25) is 5.91 Å². The maximum Gasteiger partial charge on any atom is 0.249 e. The van der Waals surface area contributed by atoms with Gasteiger partial charge in [0.05, 0.1) is 0 Å². The van der Waals surface area contributed by atoms with E-state index in [1.54, 1.807) is 18.2 Å². The smallest absolute Gasteiger partial charge is 0.249 e. The van der Waals surface area contributed by atoms with E-state index >= 15 is 0 Å². The Morgan fingerprint density at radius 1 is 1.32 bits per heavy atom. The van der Waals surface area contributed by atoms with Crippen LogP contribution in [0, 0.1) is 18.3 Å². The minimum Gasteiger partial charge on any atom is -0.479 e. The molecule has 1 heterocycles. The van der Waals surface area contributed by atoms with Gasteiger partial charge in [-0.25, -0.2) is 0 Å². The third kappa shape index (κ3) is 4.87. The Kier molecular flexibility index (Phi) is 6.25. The van der Waals surface area contributed by atoms with Crippen molar-refractivity contribution in [2.45, 2.75) is 6.92 Å². The van der Waals surface area contributed by atoms with Crippen LogP contribution in [0.1, 0.15) is 11.3 Å². The van der Waals surface area contributed by atoms with E-state index in [0.717, 1.165) is 26.9 Å². The van der Waals surface area contributed by atoms with Gasteiger partial charge in [-0.15, -0.1) is 0 Å². The number of aromatic amines is 1. The molecule has 0 aliphatic rings. The molecule has 0 fully saturated rings. The van der Waals surface area contributed by atoms with E-state index in [2.05, 4.69) is 31.4 Å². The van der Waals surface area contributed by atoms with Gasteiger partial charge >= 0.3 is 0 Å². The fourth-order valence-electron chi connectivity index (χ4n) is 2.64. The van der Waals surface area contributed by atoms with Crippen molar-refractivity contribution in [3.63, 3.8) is 0 Å². The highest BCUT2D eigenvalue weighted by molar-refractivity contribution is 9.10. The maximum absolute atomic E-state index is 12.3. The zero-order chi connectivity index (χ0) is 19.9. The predicted octanol–water partition coefficient (Wildman–Crippen LogP) is 4.70. The molecule has 0 aliphatic carbocycles. The molecular weight excluding hydrogens is 420 g/mol. The molecule has 0 atom stereocenters. The third-order valence-electron chi connectivity index (χ3n) is 3.91. The summed E-state index contributed by atoms with van der Waals surface area (Å²) in [6.07, 6.45) is 3.14. The highest BCUT2D eigenvalue weighted by Crippen LogP contribution is 2.31. The van der Waals surface area contributed by atoms with E-state index in [0.29, 0.717) is 11.6 Å². The molecule has 140 valence electrons. The van der Waals surface area contributed by atoms with Crippen molar-refractivity contribution in [1.29, 1.82) is 5.26 Å². The number of aryl methyl sites for hydroxylation is 1. The fourth-order valence-corrected chi connectivity index (χ4v) is 3.04. The summed E-state index contributed by atoms with van der Waals surface area (Å²) in [5, 5.41) is 18.5. The molecule has 28 heavy (non-hydrogen) atoms. The Labute approximate surface area is 171 Å². The van der Waals surface area contributed by atoms with Crippen molar-refractivity contribution < 1.29 is 9.53 Å². The van der Waals surface area contributed by atoms with Gasteiger partial charge in [0, 0.05) is 21.8 Å².